The van der Waals surface area contributed by atoms with E-state index in [0.717, 1.165) is 0 Å². The predicted molar refractivity (Wildman–Crippen MR) is 113 cm³/mol. The molecule has 2 aliphatic heterocycles. The molecule has 2 saturated heterocycles. The van der Waals surface area contributed by atoms with Crippen LogP contribution in [0.15, 0.2) is 0 Å². The average molecular weight is 433 g/mol. The van der Waals surface area contributed by atoms with Gasteiger partial charge in [0.1, 0.15) is 23.9 Å². The fourth-order valence-corrected chi connectivity index (χ4v) is 4.28. The van der Waals surface area contributed by atoms with Gasteiger partial charge in [0.05, 0.1) is 6.04 Å². The summed E-state index contributed by atoms with van der Waals surface area (Å²) in [6.45, 7) is 20.1. The van der Waals surface area contributed by atoms with Crippen LogP contribution < -0.4 is 11.1 Å². The fourth-order valence-electron chi connectivity index (χ4n) is 3.13. The molecule has 0 aromatic rings. The zero-order valence-corrected chi connectivity index (χ0v) is 20.6. The summed E-state index contributed by atoms with van der Waals surface area (Å²) in [5.74, 6) is -0.785. The van der Waals surface area contributed by atoms with Crippen LogP contribution in [0.2, 0.25) is 18.1 Å². The van der Waals surface area contributed by atoms with E-state index in [0.29, 0.717) is 0 Å². The molecule has 2 unspecified atom stereocenters. The highest BCUT2D eigenvalue weighted by Gasteiger charge is 2.55. The van der Waals surface area contributed by atoms with E-state index in [2.05, 4.69) is 39.2 Å². The second kappa shape index (κ2) is 8.09. The first kappa shape index (κ1) is 24.6. The average Bonchev–Trinajstić information content (AvgIpc) is 2.82. The molecule has 8 nitrogen and oxygen atoms in total. The van der Waals surface area contributed by atoms with E-state index in [1.165, 1.54) is 0 Å². The van der Waals surface area contributed by atoms with Crippen LogP contribution >= 0.6 is 0 Å². The molecule has 2 aliphatic rings. The summed E-state index contributed by atoms with van der Waals surface area (Å²) < 4.78 is 30.1. The quantitative estimate of drug-likeness (QED) is 0.658. The third-order valence-corrected chi connectivity index (χ3v) is 10.0. The van der Waals surface area contributed by atoms with Crippen LogP contribution in [-0.2, 0) is 23.4 Å². The van der Waals surface area contributed by atoms with Crippen molar-refractivity contribution in [3.8, 4) is 0 Å². The molecule has 170 valence electrons. The van der Waals surface area contributed by atoms with Gasteiger partial charge < -0.3 is 34.4 Å². The fraction of sp³-hybridized carbons (Fsp3) is 0.950. The SMILES string of the molecule is CC(C)(C)OC(=O)NCC1OC(O[Si](C)(C)C(C)(C)C)[C@H](N)[C@H]2OC(C)(C)O[C@@H]12. The van der Waals surface area contributed by atoms with E-state index in [4.69, 9.17) is 29.1 Å². The molecule has 0 aromatic carbocycles. The van der Waals surface area contributed by atoms with Crippen molar-refractivity contribution in [1.29, 1.82) is 0 Å². The molecule has 0 radical (unpaired) electrons. The summed E-state index contributed by atoms with van der Waals surface area (Å²) in [7, 11) is -2.13. The maximum Gasteiger partial charge on any atom is 0.407 e. The molecule has 0 bridgehead atoms. The number of carbonyl (C=O) groups is 1. The smallest absolute Gasteiger partial charge is 0.407 e. The van der Waals surface area contributed by atoms with Crippen molar-refractivity contribution in [2.45, 2.75) is 116 Å². The van der Waals surface area contributed by atoms with Gasteiger partial charge >= 0.3 is 6.09 Å². The maximum atomic E-state index is 12.1. The van der Waals surface area contributed by atoms with Crippen molar-refractivity contribution < 1.29 is 28.2 Å². The zero-order chi connectivity index (χ0) is 22.4. The molecule has 0 saturated carbocycles. The van der Waals surface area contributed by atoms with Gasteiger partial charge in [-0.2, -0.15) is 0 Å². The lowest BCUT2D eigenvalue weighted by Crippen LogP contribution is -2.64. The number of hydrogen-bond donors (Lipinski definition) is 2. The summed E-state index contributed by atoms with van der Waals surface area (Å²) in [5, 5.41) is 2.77. The van der Waals surface area contributed by atoms with Crippen molar-refractivity contribution in [1.82, 2.24) is 5.32 Å². The third kappa shape index (κ3) is 6.14. The van der Waals surface area contributed by atoms with Gasteiger partial charge in [0.25, 0.3) is 0 Å². The molecule has 29 heavy (non-hydrogen) atoms. The Bertz CT molecular complexity index is 599. The van der Waals surface area contributed by atoms with Gasteiger partial charge in [-0.05, 0) is 52.8 Å². The molecular formula is C20H40N2O6Si. The molecule has 2 fully saturated rings. The minimum atomic E-state index is -2.13. The highest BCUT2D eigenvalue weighted by molar-refractivity contribution is 6.74. The van der Waals surface area contributed by atoms with E-state index in [-0.39, 0.29) is 17.7 Å². The summed E-state index contributed by atoms with van der Waals surface area (Å²) >= 11 is 0. The Hall–Kier alpha value is -0.713. The highest BCUT2D eigenvalue weighted by Crippen LogP contribution is 2.41. The van der Waals surface area contributed by atoms with E-state index in [9.17, 15) is 4.79 Å². The topological polar surface area (TPSA) is 101 Å². The highest BCUT2D eigenvalue weighted by atomic mass is 28.4. The molecule has 9 heteroatoms. The molecule has 5 atom stereocenters. The summed E-state index contributed by atoms with van der Waals surface area (Å²) in [6.07, 6.45) is -2.41. The van der Waals surface area contributed by atoms with Crippen LogP contribution in [0.25, 0.3) is 0 Å². The monoisotopic (exact) mass is 432 g/mol. The van der Waals surface area contributed by atoms with E-state index >= 15 is 0 Å². The van der Waals surface area contributed by atoms with Crippen LogP contribution in [0.1, 0.15) is 55.4 Å². The lowest BCUT2D eigenvalue weighted by atomic mass is 9.97. The van der Waals surface area contributed by atoms with Gasteiger partial charge in [0.15, 0.2) is 20.4 Å². The normalized spacial score (nSPS) is 32.6. The number of ether oxygens (including phenoxy) is 4. The molecule has 0 spiro atoms. The first-order valence-corrected chi connectivity index (χ1v) is 13.2. The predicted octanol–water partition coefficient (Wildman–Crippen LogP) is 3.11. The Morgan fingerprint density at radius 1 is 1.10 bits per heavy atom. The Kier molecular flexibility index (Phi) is 6.85. The van der Waals surface area contributed by atoms with Gasteiger partial charge in [-0.25, -0.2) is 4.79 Å². The van der Waals surface area contributed by atoms with E-state index in [1.807, 2.05) is 34.6 Å². The molecule has 0 aromatic heterocycles. The lowest BCUT2D eigenvalue weighted by molar-refractivity contribution is -0.209. The second-order valence-electron chi connectivity index (χ2n) is 10.9. The molecule has 0 aliphatic carbocycles. The van der Waals surface area contributed by atoms with Crippen molar-refractivity contribution in [2.24, 2.45) is 5.73 Å². The summed E-state index contributed by atoms with van der Waals surface area (Å²) in [5.41, 5.74) is 5.91. The molecule has 2 heterocycles. The number of alkyl carbamates (subject to hydrolysis) is 1. The molecule has 2 rings (SSSR count). The largest absolute Gasteiger partial charge is 0.444 e. The minimum Gasteiger partial charge on any atom is -0.444 e. The number of nitrogens with one attached hydrogen (secondary N) is 1. The van der Waals surface area contributed by atoms with Crippen LogP contribution in [0, 0.1) is 0 Å². The third-order valence-electron chi connectivity index (χ3n) is 5.60. The van der Waals surface area contributed by atoms with Crippen molar-refractivity contribution in [3.05, 3.63) is 0 Å². The lowest BCUT2D eigenvalue weighted by Gasteiger charge is -2.46. The minimum absolute atomic E-state index is 0.00347. The number of nitrogens with two attached hydrogens (primary N) is 1. The number of fused-ring (bicyclic) bond motifs is 1. The first-order chi connectivity index (χ1) is 12.9. The summed E-state index contributed by atoms with van der Waals surface area (Å²) in [4.78, 5) is 12.1. The van der Waals surface area contributed by atoms with Gasteiger partial charge in [-0.3, -0.25) is 0 Å². The van der Waals surface area contributed by atoms with Gasteiger partial charge in [0, 0.05) is 6.54 Å². The molecular weight excluding hydrogens is 392 g/mol. The van der Waals surface area contributed by atoms with Crippen LogP contribution in [-0.4, -0.2) is 63.0 Å². The zero-order valence-electron chi connectivity index (χ0n) is 19.6. The van der Waals surface area contributed by atoms with Crippen molar-refractivity contribution in [3.63, 3.8) is 0 Å². The molecule has 3 N–H and O–H groups in total. The number of rotatable bonds is 4. The Labute approximate surface area is 176 Å². The van der Waals surface area contributed by atoms with Gasteiger partial charge in [0.2, 0.25) is 0 Å². The van der Waals surface area contributed by atoms with Gasteiger partial charge in [-0.1, -0.05) is 20.8 Å². The number of amides is 1. The molecule has 1 amide bonds. The maximum absolute atomic E-state index is 12.1. The van der Waals surface area contributed by atoms with Crippen molar-refractivity contribution in [2.75, 3.05) is 6.54 Å². The number of hydrogen-bond acceptors (Lipinski definition) is 7. The van der Waals surface area contributed by atoms with Crippen LogP contribution in [0.4, 0.5) is 4.79 Å². The standard InChI is InChI=1S/C20H40N2O6Si/c1-18(2,3)27-17(23)22-11-12-14-15(26-20(7,8)25-14)13(21)16(24-12)28-29(9,10)19(4,5)6/h12-16H,11,21H2,1-10H3,(H,22,23)/t12?,13-,14+,15-,16?/m1/s1. The Morgan fingerprint density at radius 2 is 1.66 bits per heavy atom. The van der Waals surface area contributed by atoms with E-state index < -0.39 is 50.3 Å². The first-order valence-electron chi connectivity index (χ1n) is 10.3. The Morgan fingerprint density at radius 3 is 2.17 bits per heavy atom. The van der Waals surface area contributed by atoms with Crippen LogP contribution in [0.3, 0.4) is 0 Å². The van der Waals surface area contributed by atoms with Gasteiger partial charge in [-0.15, -0.1) is 0 Å². The van der Waals surface area contributed by atoms with E-state index in [1.54, 1.807) is 0 Å². The number of carbonyl (C=O) groups excluding carboxylic acids is 1. The van der Waals surface area contributed by atoms with Crippen molar-refractivity contribution >= 4 is 14.4 Å². The van der Waals surface area contributed by atoms with Crippen LogP contribution in [0.5, 0.6) is 0 Å². The summed E-state index contributed by atoms with van der Waals surface area (Å²) in [6, 6.07) is -0.492. The second-order valence-corrected chi connectivity index (χ2v) is 15.7. The Balaban J connectivity index is 2.15.